The van der Waals surface area contributed by atoms with Gasteiger partial charge in [-0.05, 0) is 46.9 Å². The Labute approximate surface area is 199 Å². The van der Waals surface area contributed by atoms with Gasteiger partial charge in [-0.1, -0.05) is 61.9 Å². The molecular weight excluding hydrogens is 432 g/mol. The van der Waals surface area contributed by atoms with Crippen molar-refractivity contribution in [3.05, 3.63) is 59.7 Å². The number of carboxylic acids is 1. The Morgan fingerprint density at radius 3 is 2.18 bits per heavy atom. The van der Waals surface area contributed by atoms with E-state index in [9.17, 15) is 14.4 Å². The van der Waals surface area contributed by atoms with Crippen LogP contribution in [0.2, 0.25) is 0 Å². The maximum absolute atomic E-state index is 12.5. The van der Waals surface area contributed by atoms with E-state index in [1.54, 1.807) is 6.92 Å². The van der Waals surface area contributed by atoms with Gasteiger partial charge in [0.25, 0.3) is 0 Å². The normalized spacial score (nSPS) is 16.5. The summed E-state index contributed by atoms with van der Waals surface area (Å²) < 4.78 is 5.61. The number of rotatable bonds is 10. The molecule has 0 saturated heterocycles. The summed E-state index contributed by atoms with van der Waals surface area (Å²) in [4.78, 5) is 36.1. The predicted molar refractivity (Wildman–Crippen MR) is 128 cm³/mol. The topological polar surface area (TPSA) is 105 Å². The average molecular weight is 465 g/mol. The van der Waals surface area contributed by atoms with Crippen molar-refractivity contribution in [2.45, 2.75) is 44.9 Å². The number of alkyl carbamates (subject to hydrolysis) is 1. The largest absolute Gasteiger partial charge is 0.481 e. The third-order valence-corrected chi connectivity index (χ3v) is 7.29. The van der Waals surface area contributed by atoms with E-state index in [0.29, 0.717) is 13.0 Å². The van der Waals surface area contributed by atoms with Gasteiger partial charge in [0.15, 0.2) is 0 Å². The molecule has 0 spiro atoms. The minimum absolute atomic E-state index is 0.00216. The number of nitrogens with one attached hydrogen (secondary N) is 2. The monoisotopic (exact) mass is 464 g/mol. The van der Waals surface area contributed by atoms with Gasteiger partial charge in [0.1, 0.15) is 6.61 Å². The second kappa shape index (κ2) is 10.3. The van der Waals surface area contributed by atoms with Crippen LogP contribution in [0.5, 0.6) is 0 Å². The maximum atomic E-state index is 12.5. The summed E-state index contributed by atoms with van der Waals surface area (Å²) in [5.41, 5.74) is 4.39. The number of aliphatic carboxylic acids is 1. The Morgan fingerprint density at radius 2 is 1.65 bits per heavy atom. The number of fused-ring (bicyclic) bond motifs is 3. The van der Waals surface area contributed by atoms with Crippen LogP contribution < -0.4 is 10.6 Å². The first-order valence-corrected chi connectivity index (χ1v) is 12.0. The fraction of sp³-hybridized carbons (Fsp3) is 0.444. The highest BCUT2D eigenvalue weighted by molar-refractivity contribution is 5.79. The van der Waals surface area contributed by atoms with Crippen molar-refractivity contribution < 1.29 is 24.2 Å². The molecule has 2 aliphatic rings. The molecule has 1 unspecified atom stereocenters. The van der Waals surface area contributed by atoms with E-state index < -0.39 is 18.0 Å². The standard InChI is InChI=1S/C27H32N2O5/c1-2-18(25(31)32)15-28-24(30)14-27(12-7-13-27)17-29-26(33)34-16-23-21-10-5-3-8-19(21)20-9-4-6-11-22(20)23/h3-6,8-11,18,23H,2,7,12-17H2,1H3,(H,28,30)(H,29,33)(H,31,32). The average Bonchev–Trinajstić information content (AvgIpc) is 3.13. The number of hydrogen-bond acceptors (Lipinski definition) is 4. The molecule has 1 atom stereocenters. The van der Waals surface area contributed by atoms with Crippen molar-refractivity contribution in [1.29, 1.82) is 0 Å². The molecule has 34 heavy (non-hydrogen) atoms. The second-order valence-electron chi connectivity index (χ2n) is 9.46. The van der Waals surface area contributed by atoms with E-state index in [0.717, 1.165) is 30.4 Å². The lowest BCUT2D eigenvalue weighted by atomic mass is 9.66. The van der Waals surface area contributed by atoms with E-state index in [-0.39, 0.29) is 36.8 Å². The Hall–Kier alpha value is -3.35. The summed E-state index contributed by atoms with van der Waals surface area (Å²) in [5, 5.41) is 14.8. The molecule has 1 saturated carbocycles. The van der Waals surface area contributed by atoms with Crippen molar-refractivity contribution in [2.24, 2.45) is 11.3 Å². The number of amides is 2. The van der Waals surface area contributed by atoms with Gasteiger partial charge in [-0.3, -0.25) is 9.59 Å². The van der Waals surface area contributed by atoms with Crippen LogP contribution >= 0.6 is 0 Å². The van der Waals surface area contributed by atoms with Crippen LogP contribution in [0, 0.1) is 11.3 Å². The summed E-state index contributed by atoms with van der Waals surface area (Å²) >= 11 is 0. The van der Waals surface area contributed by atoms with E-state index >= 15 is 0 Å². The van der Waals surface area contributed by atoms with Gasteiger partial charge >= 0.3 is 12.1 Å². The van der Waals surface area contributed by atoms with Crippen LogP contribution in [0.4, 0.5) is 4.79 Å². The van der Waals surface area contributed by atoms with Crippen LogP contribution in [0.15, 0.2) is 48.5 Å². The number of ether oxygens (including phenoxy) is 1. The molecule has 2 aromatic carbocycles. The lowest BCUT2D eigenvalue weighted by Gasteiger charge is -2.41. The van der Waals surface area contributed by atoms with Gasteiger partial charge in [0, 0.05) is 25.4 Å². The van der Waals surface area contributed by atoms with Crippen molar-refractivity contribution in [1.82, 2.24) is 10.6 Å². The summed E-state index contributed by atoms with van der Waals surface area (Å²) in [5.74, 6) is -1.66. The quantitative estimate of drug-likeness (QED) is 0.486. The molecule has 0 aromatic heterocycles. The minimum Gasteiger partial charge on any atom is -0.481 e. The first kappa shape index (κ1) is 23.8. The van der Waals surface area contributed by atoms with E-state index in [4.69, 9.17) is 9.84 Å². The smallest absolute Gasteiger partial charge is 0.407 e. The van der Waals surface area contributed by atoms with Crippen molar-refractivity contribution in [3.63, 3.8) is 0 Å². The third-order valence-electron chi connectivity index (χ3n) is 7.29. The van der Waals surface area contributed by atoms with Gasteiger partial charge in [0.2, 0.25) is 5.91 Å². The molecule has 0 bridgehead atoms. The molecule has 180 valence electrons. The molecular formula is C27H32N2O5. The molecule has 0 aliphatic heterocycles. The summed E-state index contributed by atoms with van der Waals surface area (Å²) in [6.45, 7) is 2.53. The second-order valence-corrected chi connectivity index (χ2v) is 9.46. The Balaban J connectivity index is 1.28. The van der Waals surface area contributed by atoms with Gasteiger partial charge in [0.05, 0.1) is 5.92 Å². The number of carboxylic acid groups (broad SMARTS) is 1. The lowest BCUT2D eigenvalue weighted by molar-refractivity contribution is -0.141. The van der Waals surface area contributed by atoms with Gasteiger partial charge in [-0.25, -0.2) is 4.79 Å². The highest BCUT2D eigenvalue weighted by atomic mass is 16.5. The molecule has 2 aromatic rings. The Morgan fingerprint density at radius 1 is 1.03 bits per heavy atom. The van der Waals surface area contributed by atoms with Crippen molar-refractivity contribution in [2.75, 3.05) is 19.7 Å². The van der Waals surface area contributed by atoms with Gasteiger partial charge in [-0.15, -0.1) is 0 Å². The molecule has 7 heteroatoms. The Kier molecular flexibility index (Phi) is 7.20. The fourth-order valence-electron chi connectivity index (χ4n) is 5.05. The van der Waals surface area contributed by atoms with Crippen LogP contribution in [0.25, 0.3) is 11.1 Å². The fourth-order valence-corrected chi connectivity index (χ4v) is 5.05. The van der Waals surface area contributed by atoms with Crippen molar-refractivity contribution in [3.8, 4) is 11.1 Å². The Bertz CT molecular complexity index is 1020. The maximum Gasteiger partial charge on any atom is 0.407 e. The first-order valence-electron chi connectivity index (χ1n) is 12.0. The zero-order valence-electron chi connectivity index (χ0n) is 19.5. The molecule has 2 aliphatic carbocycles. The number of carbonyl (C=O) groups is 3. The molecule has 3 N–H and O–H groups in total. The van der Waals surface area contributed by atoms with Crippen LogP contribution in [0.3, 0.4) is 0 Å². The van der Waals surface area contributed by atoms with Crippen LogP contribution in [0.1, 0.15) is 56.1 Å². The highest BCUT2D eigenvalue weighted by Crippen LogP contribution is 2.45. The van der Waals surface area contributed by atoms with E-state index in [1.165, 1.54) is 11.1 Å². The summed E-state index contributed by atoms with van der Waals surface area (Å²) in [6.07, 6.45) is 2.95. The number of carbonyl (C=O) groups excluding carboxylic acids is 2. The summed E-state index contributed by atoms with van der Waals surface area (Å²) in [7, 11) is 0. The molecule has 7 nitrogen and oxygen atoms in total. The van der Waals surface area contributed by atoms with E-state index in [1.807, 2.05) is 24.3 Å². The zero-order chi connectivity index (χ0) is 24.1. The third kappa shape index (κ3) is 5.08. The van der Waals surface area contributed by atoms with Crippen molar-refractivity contribution >= 4 is 18.0 Å². The molecule has 0 radical (unpaired) electrons. The van der Waals surface area contributed by atoms with E-state index in [2.05, 4.69) is 34.9 Å². The molecule has 4 rings (SSSR count). The zero-order valence-corrected chi connectivity index (χ0v) is 19.5. The SMILES string of the molecule is CCC(CNC(=O)CC1(CNC(=O)OCC2c3ccccc3-c3ccccc32)CCC1)C(=O)O. The van der Waals surface area contributed by atoms with Crippen LogP contribution in [-0.4, -0.2) is 42.8 Å². The molecule has 1 fully saturated rings. The summed E-state index contributed by atoms with van der Waals surface area (Å²) in [6, 6.07) is 16.4. The number of benzene rings is 2. The van der Waals surface area contributed by atoms with Gasteiger partial charge < -0.3 is 20.5 Å². The van der Waals surface area contributed by atoms with Crippen LogP contribution in [-0.2, 0) is 14.3 Å². The van der Waals surface area contributed by atoms with Gasteiger partial charge in [-0.2, -0.15) is 0 Å². The first-order chi connectivity index (χ1) is 16.4. The molecule has 2 amide bonds. The molecule has 0 heterocycles. The predicted octanol–water partition coefficient (Wildman–Crippen LogP) is 4.31. The lowest BCUT2D eigenvalue weighted by Crippen LogP contribution is -2.46. The minimum atomic E-state index is -0.905. The number of hydrogen-bond donors (Lipinski definition) is 3. The highest BCUT2D eigenvalue weighted by Gasteiger charge is 2.39.